The van der Waals surface area contributed by atoms with Crippen molar-refractivity contribution in [1.29, 1.82) is 0 Å². The van der Waals surface area contributed by atoms with Crippen molar-refractivity contribution in [2.75, 3.05) is 31.1 Å². The maximum absolute atomic E-state index is 12.1. The number of aromatic nitrogens is 1. The van der Waals surface area contributed by atoms with Crippen LogP contribution in [0.4, 0.5) is 5.69 Å². The summed E-state index contributed by atoms with van der Waals surface area (Å²) in [5.41, 5.74) is 2.03. The molecule has 0 amide bonds. The van der Waals surface area contributed by atoms with Gasteiger partial charge in [0.2, 0.25) is 0 Å². The molecular formula is C17H21N3O2. The van der Waals surface area contributed by atoms with Crippen LogP contribution in [0.3, 0.4) is 0 Å². The highest BCUT2D eigenvalue weighted by molar-refractivity contribution is 5.83. The van der Waals surface area contributed by atoms with Crippen LogP contribution in [0.15, 0.2) is 35.1 Å². The van der Waals surface area contributed by atoms with Crippen LogP contribution in [-0.2, 0) is 11.3 Å². The molecule has 0 aliphatic carbocycles. The van der Waals surface area contributed by atoms with Crippen molar-refractivity contribution in [3.8, 4) is 0 Å². The summed E-state index contributed by atoms with van der Waals surface area (Å²) in [6.07, 6.45) is 0.387. The Morgan fingerprint density at radius 1 is 1.18 bits per heavy atom. The lowest BCUT2D eigenvalue weighted by Crippen LogP contribution is -2.43. The van der Waals surface area contributed by atoms with E-state index in [1.54, 1.807) is 17.6 Å². The molecule has 1 aromatic heterocycles. The van der Waals surface area contributed by atoms with Crippen LogP contribution in [0, 0.1) is 0 Å². The van der Waals surface area contributed by atoms with Gasteiger partial charge in [0, 0.05) is 56.3 Å². The minimum Gasteiger partial charge on any atom is -0.369 e. The molecule has 5 nitrogen and oxygen atoms in total. The fourth-order valence-corrected chi connectivity index (χ4v) is 2.91. The molecule has 1 N–H and O–H groups in total. The van der Waals surface area contributed by atoms with E-state index in [1.165, 1.54) is 5.69 Å². The summed E-state index contributed by atoms with van der Waals surface area (Å²) in [7, 11) is 0. The highest BCUT2D eigenvalue weighted by Gasteiger charge is 2.12. The third kappa shape index (κ3) is 3.04. The molecule has 5 heteroatoms. The maximum Gasteiger partial charge on any atom is 0.251 e. The van der Waals surface area contributed by atoms with Crippen molar-refractivity contribution in [1.82, 2.24) is 9.88 Å². The van der Waals surface area contributed by atoms with Crippen molar-refractivity contribution >= 4 is 22.4 Å². The molecule has 116 valence electrons. The van der Waals surface area contributed by atoms with E-state index in [1.807, 2.05) is 12.1 Å². The lowest BCUT2D eigenvalue weighted by molar-refractivity contribution is -0.117. The molecule has 1 saturated heterocycles. The Bertz CT molecular complexity index is 745. The van der Waals surface area contributed by atoms with Gasteiger partial charge in [-0.15, -0.1) is 0 Å². The van der Waals surface area contributed by atoms with Crippen LogP contribution in [0.5, 0.6) is 0 Å². The average molecular weight is 299 g/mol. The van der Waals surface area contributed by atoms with Crippen LogP contribution in [0.1, 0.15) is 13.3 Å². The number of hydrogen-bond acceptors (Lipinski definition) is 4. The first kappa shape index (κ1) is 14.8. The van der Waals surface area contributed by atoms with Gasteiger partial charge < -0.3 is 14.8 Å². The largest absolute Gasteiger partial charge is 0.369 e. The molecule has 0 atom stereocenters. The lowest BCUT2D eigenvalue weighted by Gasteiger charge is -2.29. The van der Waals surface area contributed by atoms with Crippen molar-refractivity contribution in [3.05, 3.63) is 40.7 Å². The van der Waals surface area contributed by atoms with Gasteiger partial charge in [0.05, 0.1) is 5.52 Å². The number of nitrogens with zero attached hydrogens (tertiary/aromatic N) is 2. The minimum absolute atomic E-state index is 0.0522. The van der Waals surface area contributed by atoms with Crippen molar-refractivity contribution in [2.24, 2.45) is 0 Å². The number of fused-ring (bicyclic) bond motifs is 1. The first-order valence-corrected chi connectivity index (χ1v) is 7.74. The molecule has 1 aromatic carbocycles. The third-order valence-electron chi connectivity index (χ3n) is 4.14. The second-order valence-corrected chi connectivity index (χ2v) is 5.76. The number of pyridine rings is 1. The number of carbonyl (C=O) groups excluding carboxylic acids is 1. The third-order valence-corrected chi connectivity index (χ3v) is 4.14. The second kappa shape index (κ2) is 6.32. The summed E-state index contributed by atoms with van der Waals surface area (Å²) >= 11 is 0. The van der Waals surface area contributed by atoms with Gasteiger partial charge in [-0.25, -0.2) is 0 Å². The fourth-order valence-electron chi connectivity index (χ4n) is 2.91. The van der Waals surface area contributed by atoms with E-state index in [4.69, 9.17) is 0 Å². The Morgan fingerprint density at radius 3 is 2.68 bits per heavy atom. The van der Waals surface area contributed by atoms with E-state index in [0.29, 0.717) is 13.0 Å². The molecule has 1 aliphatic rings. The van der Waals surface area contributed by atoms with E-state index in [0.717, 1.165) is 37.1 Å². The number of hydrogen-bond donors (Lipinski definition) is 1. The zero-order valence-electron chi connectivity index (χ0n) is 12.8. The lowest BCUT2D eigenvalue weighted by atomic mass is 10.1. The highest BCUT2D eigenvalue weighted by Crippen LogP contribution is 2.21. The summed E-state index contributed by atoms with van der Waals surface area (Å²) in [5, 5.41) is 4.39. The Morgan fingerprint density at radius 2 is 1.95 bits per heavy atom. The van der Waals surface area contributed by atoms with E-state index >= 15 is 0 Å². The SMILES string of the molecule is CC(=O)CCn1c(=O)ccc2cc(N3CCNCC3)ccc21. The number of Topliss-reactive ketones (excluding diaryl/α,β-unsaturated/α-hetero) is 1. The first-order valence-electron chi connectivity index (χ1n) is 7.74. The normalized spacial score (nSPS) is 15.2. The van der Waals surface area contributed by atoms with E-state index < -0.39 is 0 Å². The van der Waals surface area contributed by atoms with E-state index in [2.05, 4.69) is 22.3 Å². The summed E-state index contributed by atoms with van der Waals surface area (Å²) in [6.45, 7) is 5.98. The molecule has 0 unspecified atom stereocenters. The Kier molecular flexibility index (Phi) is 4.24. The van der Waals surface area contributed by atoms with Gasteiger partial charge in [-0.05, 0) is 31.2 Å². The predicted octanol–water partition coefficient (Wildman–Crippen LogP) is 1.39. The van der Waals surface area contributed by atoms with Crippen LogP contribution in [-0.4, -0.2) is 36.5 Å². The topological polar surface area (TPSA) is 54.3 Å². The smallest absolute Gasteiger partial charge is 0.251 e. The molecule has 0 saturated carbocycles. The Balaban J connectivity index is 1.97. The number of piperazine rings is 1. The quantitative estimate of drug-likeness (QED) is 0.927. The molecule has 0 spiro atoms. The molecule has 2 heterocycles. The van der Waals surface area contributed by atoms with Gasteiger partial charge in [-0.1, -0.05) is 0 Å². The number of rotatable bonds is 4. The number of anilines is 1. The number of benzene rings is 1. The minimum atomic E-state index is -0.0522. The van der Waals surface area contributed by atoms with Gasteiger partial charge in [0.15, 0.2) is 0 Å². The maximum atomic E-state index is 12.1. The molecule has 22 heavy (non-hydrogen) atoms. The van der Waals surface area contributed by atoms with Crippen molar-refractivity contribution in [3.63, 3.8) is 0 Å². The Labute approximate surface area is 129 Å². The van der Waals surface area contributed by atoms with Crippen molar-refractivity contribution in [2.45, 2.75) is 19.9 Å². The van der Waals surface area contributed by atoms with Gasteiger partial charge in [-0.3, -0.25) is 9.59 Å². The van der Waals surface area contributed by atoms with Crippen LogP contribution >= 0.6 is 0 Å². The zero-order chi connectivity index (χ0) is 15.5. The molecule has 1 fully saturated rings. The average Bonchev–Trinajstić information content (AvgIpc) is 2.54. The summed E-state index contributed by atoms with van der Waals surface area (Å²) < 4.78 is 1.69. The molecule has 2 aromatic rings. The molecule has 0 bridgehead atoms. The van der Waals surface area contributed by atoms with E-state index in [9.17, 15) is 9.59 Å². The summed E-state index contributed by atoms with van der Waals surface area (Å²) in [6, 6.07) is 9.65. The van der Waals surface area contributed by atoms with Gasteiger partial charge >= 0.3 is 0 Å². The fraction of sp³-hybridized carbons (Fsp3) is 0.412. The van der Waals surface area contributed by atoms with E-state index in [-0.39, 0.29) is 11.3 Å². The standard InChI is InChI=1S/C17H21N3O2/c1-13(21)6-9-20-16-4-3-15(19-10-7-18-8-11-19)12-14(16)2-5-17(20)22/h2-5,12,18H,6-11H2,1H3. The van der Waals surface area contributed by atoms with Crippen LogP contribution in [0.25, 0.3) is 10.9 Å². The summed E-state index contributed by atoms with van der Waals surface area (Å²) in [4.78, 5) is 25.6. The summed E-state index contributed by atoms with van der Waals surface area (Å²) in [5.74, 6) is 0.0985. The molecule has 1 aliphatic heterocycles. The van der Waals surface area contributed by atoms with Crippen molar-refractivity contribution < 1.29 is 4.79 Å². The zero-order valence-corrected chi connectivity index (χ0v) is 12.8. The first-order chi connectivity index (χ1) is 10.6. The predicted molar refractivity (Wildman–Crippen MR) is 88.6 cm³/mol. The molecular weight excluding hydrogens is 278 g/mol. The second-order valence-electron chi connectivity index (χ2n) is 5.76. The van der Waals surface area contributed by atoms with Gasteiger partial charge in [0.1, 0.15) is 5.78 Å². The highest BCUT2D eigenvalue weighted by atomic mass is 16.1. The molecule has 3 rings (SSSR count). The molecule has 0 radical (unpaired) electrons. The number of carbonyl (C=O) groups is 1. The Hall–Kier alpha value is -2.14. The monoisotopic (exact) mass is 299 g/mol. The van der Waals surface area contributed by atoms with Gasteiger partial charge in [-0.2, -0.15) is 0 Å². The number of aryl methyl sites for hydroxylation is 1. The van der Waals surface area contributed by atoms with Crippen LogP contribution < -0.4 is 15.8 Å². The van der Waals surface area contributed by atoms with Gasteiger partial charge in [0.25, 0.3) is 5.56 Å². The number of ketones is 1. The van der Waals surface area contributed by atoms with Crippen LogP contribution in [0.2, 0.25) is 0 Å². The number of nitrogens with one attached hydrogen (secondary N) is 1.